The average molecular weight is 167 g/mol. The van der Waals surface area contributed by atoms with Gasteiger partial charge >= 0.3 is 0 Å². The van der Waals surface area contributed by atoms with Crippen LogP contribution in [0, 0.1) is 13.8 Å². The summed E-state index contributed by atoms with van der Waals surface area (Å²) in [6.07, 6.45) is 0. The van der Waals surface area contributed by atoms with Crippen LogP contribution in [0.15, 0.2) is 10.5 Å². The van der Waals surface area contributed by atoms with Crippen molar-refractivity contribution in [1.82, 2.24) is 0 Å². The molecular formula is C9H13NO2. The van der Waals surface area contributed by atoms with E-state index in [-0.39, 0.29) is 5.78 Å². The molecule has 1 aromatic rings. The summed E-state index contributed by atoms with van der Waals surface area (Å²) in [6, 6.07) is 1.34. The first-order valence-electron chi connectivity index (χ1n) is 3.89. The number of hydrogen-bond acceptors (Lipinski definition) is 3. The number of ketones is 1. The number of hydrogen-bond donors (Lipinski definition) is 1. The number of rotatable bonds is 2. The number of carbonyl (C=O) groups excluding carboxylic acids is 1. The van der Waals surface area contributed by atoms with Crippen LogP contribution in [-0.2, 0) is 0 Å². The van der Waals surface area contributed by atoms with Crippen LogP contribution in [0.1, 0.15) is 28.8 Å². The number of nitrogens with two attached hydrogens (primary N) is 1. The van der Waals surface area contributed by atoms with Crippen molar-refractivity contribution in [2.45, 2.75) is 26.8 Å². The third-order valence-electron chi connectivity index (χ3n) is 1.68. The Bertz CT molecular complexity index is 299. The molecule has 3 heteroatoms. The summed E-state index contributed by atoms with van der Waals surface area (Å²) in [5, 5.41) is 0. The first-order chi connectivity index (χ1) is 5.52. The topological polar surface area (TPSA) is 56.2 Å². The zero-order chi connectivity index (χ0) is 9.30. The van der Waals surface area contributed by atoms with Crippen LogP contribution in [-0.4, -0.2) is 11.8 Å². The molecule has 0 spiro atoms. The maximum Gasteiger partial charge on any atom is 0.214 e. The molecule has 0 saturated carbocycles. The molecule has 0 aliphatic carbocycles. The Morgan fingerprint density at radius 3 is 2.50 bits per heavy atom. The Hall–Kier alpha value is -1.09. The predicted octanol–water partition coefficient (Wildman–Crippen LogP) is 1.43. The van der Waals surface area contributed by atoms with E-state index in [1.165, 1.54) is 0 Å². The van der Waals surface area contributed by atoms with Gasteiger partial charge in [0, 0.05) is 0 Å². The fraction of sp³-hybridized carbons (Fsp3) is 0.444. The molecule has 1 unspecified atom stereocenters. The highest BCUT2D eigenvalue weighted by Crippen LogP contribution is 2.14. The molecule has 1 atom stereocenters. The van der Waals surface area contributed by atoms with Crippen molar-refractivity contribution in [3.05, 3.63) is 23.2 Å². The van der Waals surface area contributed by atoms with Crippen LogP contribution in [0.3, 0.4) is 0 Å². The van der Waals surface area contributed by atoms with Gasteiger partial charge < -0.3 is 10.2 Å². The summed E-state index contributed by atoms with van der Waals surface area (Å²) < 4.78 is 5.21. The number of furan rings is 1. The summed E-state index contributed by atoms with van der Waals surface area (Å²) in [4.78, 5) is 11.4. The molecule has 1 rings (SSSR count). The summed E-state index contributed by atoms with van der Waals surface area (Å²) in [6.45, 7) is 5.30. The quantitative estimate of drug-likeness (QED) is 0.678. The molecule has 1 heterocycles. The molecule has 0 radical (unpaired) electrons. The molecule has 0 amide bonds. The smallest absolute Gasteiger partial charge is 0.214 e. The Balaban J connectivity index is 3.02. The Labute approximate surface area is 71.6 Å². The molecule has 0 fully saturated rings. The second-order valence-electron chi connectivity index (χ2n) is 3.02. The van der Waals surface area contributed by atoms with Crippen LogP contribution in [0.5, 0.6) is 0 Å². The van der Waals surface area contributed by atoms with E-state index in [1.54, 1.807) is 6.92 Å². The minimum absolute atomic E-state index is 0.138. The molecular weight excluding hydrogens is 154 g/mol. The minimum atomic E-state index is -0.491. The van der Waals surface area contributed by atoms with Crippen LogP contribution in [0.4, 0.5) is 0 Å². The SMILES string of the molecule is Cc1cc(C)c(C(=O)C(C)N)o1. The molecule has 0 aliphatic heterocycles. The van der Waals surface area contributed by atoms with Gasteiger partial charge in [0.15, 0.2) is 5.76 Å². The summed E-state index contributed by atoms with van der Waals surface area (Å²) >= 11 is 0. The highest BCUT2D eigenvalue weighted by molar-refractivity contribution is 5.98. The Morgan fingerprint density at radius 1 is 1.58 bits per heavy atom. The van der Waals surface area contributed by atoms with Crippen LogP contribution in [0.2, 0.25) is 0 Å². The lowest BCUT2D eigenvalue weighted by molar-refractivity contribution is 0.0938. The van der Waals surface area contributed by atoms with E-state index in [2.05, 4.69) is 0 Å². The number of carbonyl (C=O) groups is 1. The molecule has 0 aliphatic rings. The monoisotopic (exact) mass is 167 g/mol. The van der Waals surface area contributed by atoms with Crippen LogP contribution < -0.4 is 5.73 Å². The van der Waals surface area contributed by atoms with Gasteiger partial charge in [-0.15, -0.1) is 0 Å². The maximum absolute atomic E-state index is 11.4. The third kappa shape index (κ3) is 1.56. The maximum atomic E-state index is 11.4. The van der Waals surface area contributed by atoms with Crippen LogP contribution in [0.25, 0.3) is 0 Å². The molecule has 66 valence electrons. The van der Waals surface area contributed by atoms with Crippen LogP contribution >= 0.6 is 0 Å². The first-order valence-corrected chi connectivity index (χ1v) is 3.89. The van der Waals surface area contributed by atoms with Crippen molar-refractivity contribution in [1.29, 1.82) is 0 Å². The van der Waals surface area contributed by atoms with Gasteiger partial charge in [-0.2, -0.15) is 0 Å². The fourth-order valence-corrected chi connectivity index (χ4v) is 1.09. The lowest BCUT2D eigenvalue weighted by Gasteiger charge is -2.00. The normalized spacial score (nSPS) is 13.0. The van der Waals surface area contributed by atoms with E-state index in [4.69, 9.17) is 10.2 Å². The molecule has 1 aromatic heterocycles. The molecule has 3 nitrogen and oxygen atoms in total. The highest BCUT2D eigenvalue weighted by atomic mass is 16.3. The molecule has 12 heavy (non-hydrogen) atoms. The number of Topliss-reactive ketones (excluding diaryl/α,β-unsaturated/α-hetero) is 1. The van der Waals surface area contributed by atoms with Gasteiger partial charge in [0.1, 0.15) is 5.76 Å². The molecule has 0 bridgehead atoms. The van der Waals surface area contributed by atoms with E-state index in [0.29, 0.717) is 5.76 Å². The largest absolute Gasteiger partial charge is 0.458 e. The number of aryl methyl sites for hydroxylation is 2. The standard InChI is InChI=1S/C9H13NO2/c1-5-4-6(2)12-9(5)8(11)7(3)10/h4,7H,10H2,1-3H3. The van der Waals surface area contributed by atoms with Gasteiger partial charge in [-0.05, 0) is 32.4 Å². The van der Waals surface area contributed by atoms with Crippen molar-refractivity contribution in [2.75, 3.05) is 0 Å². The Morgan fingerprint density at radius 2 is 2.17 bits per heavy atom. The molecule has 0 saturated heterocycles. The van der Waals surface area contributed by atoms with Gasteiger partial charge in [-0.3, -0.25) is 4.79 Å². The Kier molecular flexibility index (Phi) is 2.33. The second-order valence-corrected chi connectivity index (χ2v) is 3.02. The predicted molar refractivity (Wildman–Crippen MR) is 46.2 cm³/mol. The van der Waals surface area contributed by atoms with Gasteiger partial charge in [-0.25, -0.2) is 0 Å². The second kappa shape index (κ2) is 3.11. The minimum Gasteiger partial charge on any atom is -0.458 e. The van der Waals surface area contributed by atoms with Crippen molar-refractivity contribution in [2.24, 2.45) is 5.73 Å². The highest BCUT2D eigenvalue weighted by Gasteiger charge is 2.17. The fourth-order valence-electron chi connectivity index (χ4n) is 1.09. The van der Waals surface area contributed by atoms with Crippen molar-refractivity contribution < 1.29 is 9.21 Å². The lowest BCUT2D eigenvalue weighted by atomic mass is 10.1. The lowest BCUT2D eigenvalue weighted by Crippen LogP contribution is -2.26. The summed E-state index contributed by atoms with van der Waals surface area (Å²) in [5.41, 5.74) is 6.29. The van der Waals surface area contributed by atoms with Gasteiger partial charge in [0.25, 0.3) is 0 Å². The zero-order valence-corrected chi connectivity index (χ0v) is 7.55. The molecule has 2 N–H and O–H groups in total. The molecule has 0 aromatic carbocycles. The van der Waals surface area contributed by atoms with Crippen molar-refractivity contribution in [3.63, 3.8) is 0 Å². The van der Waals surface area contributed by atoms with E-state index in [0.717, 1.165) is 11.3 Å². The van der Waals surface area contributed by atoms with Gasteiger partial charge in [0.2, 0.25) is 5.78 Å². The van der Waals surface area contributed by atoms with E-state index < -0.39 is 6.04 Å². The van der Waals surface area contributed by atoms with E-state index in [9.17, 15) is 4.79 Å². The van der Waals surface area contributed by atoms with Crippen molar-refractivity contribution >= 4 is 5.78 Å². The zero-order valence-electron chi connectivity index (χ0n) is 7.55. The first kappa shape index (κ1) is 9.00. The summed E-state index contributed by atoms with van der Waals surface area (Å²) in [5.74, 6) is 1.000. The van der Waals surface area contributed by atoms with Gasteiger partial charge in [0.05, 0.1) is 6.04 Å². The van der Waals surface area contributed by atoms with Crippen molar-refractivity contribution in [3.8, 4) is 0 Å². The van der Waals surface area contributed by atoms with Gasteiger partial charge in [-0.1, -0.05) is 0 Å². The van der Waals surface area contributed by atoms with E-state index in [1.807, 2.05) is 19.9 Å². The van der Waals surface area contributed by atoms with E-state index >= 15 is 0 Å². The average Bonchev–Trinajstić information content (AvgIpc) is 2.28. The summed E-state index contributed by atoms with van der Waals surface area (Å²) in [7, 11) is 0. The third-order valence-corrected chi connectivity index (χ3v) is 1.68.